The lowest BCUT2D eigenvalue weighted by atomic mass is 9.60. The summed E-state index contributed by atoms with van der Waals surface area (Å²) in [5.41, 5.74) is 0.855. The molecule has 20 heavy (non-hydrogen) atoms. The topological polar surface area (TPSA) is 60.5 Å². The smallest absolute Gasteiger partial charge is 0.253 e. The molecule has 2 heterocycles. The van der Waals surface area contributed by atoms with E-state index in [-0.39, 0.29) is 17.4 Å². The van der Waals surface area contributed by atoms with Crippen LogP contribution < -0.4 is 10.1 Å². The van der Waals surface area contributed by atoms with Crippen LogP contribution in [0, 0.1) is 5.41 Å². The number of carbonyl (C=O) groups is 1. The fourth-order valence-corrected chi connectivity index (χ4v) is 3.18. The molecule has 1 spiro atoms. The van der Waals surface area contributed by atoms with Crippen LogP contribution >= 0.6 is 0 Å². The third kappa shape index (κ3) is 2.38. The number of nitrogens with one attached hydrogen (secondary N) is 1. The Bertz CT molecular complexity index is 480. The van der Waals surface area contributed by atoms with Crippen molar-refractivity contribution in [3.63, 3.8) is 0 Å². The van der Waals surface area contributed by atoms with Gasteiger partial charge in [-0.2, -0.15) is 0 Å². The van der Waals surface area contributed by atoms with Gasteiger partial charge in [0, 0.05) is 31.5 Å². The zero-order chi connectivity index (χ0) is 14.0. The maximum atomic E-state index is 12.3. The van der Waals surface area contributed by atoms with Gasteiger partial charge >= 0.3 is 0 Å². The van der Waals surface area contributed by atoms with Crippen LogP contribution in [0.15, 0.2) is 18.3 Å². The van der Waals surface area contributed by atoms with Crippen molar-refractivity contribution in [2.24, 2.45) is 5.41 Å². The summed E-state index contributed by atoms with van der Waals surface area (Å²) in [6, 6.07) is 3.73. The SMILES string of the molecule is COc1ccc(C(=O)NC2CCC23CCOCC3)cn1. The highest BCUT2D eigenvalue weighted by atomic mass is 16.5. The first kappa shape index (κ1) is 13.4. The van der Waals surface area contributed by atoms with E-state index in [1.165, 1.54) is 6.42 Å². The van der Waals surface area contributed by atoms with Crippen molar-refractivity contribution < 1.29 is 14.3 Å². The molecule has 5 heteroatoms. The Morgan fingerprint density at radius 1 is 1.40 bits per heavy atom. The highest BCUT2D eigenvalue weighted by molar-refractivity contribution is 5.94. The van der Waals surface area contributed by atoms with Gasteiger partial charge in [0.25, 0.3) is 5.91 Å². The number of methoxy groups -OCH3 is 1. The second-order valence-electron chi connectivity index (χ2n) is 5.63. The summed E-state index contributed by atoms with van der Waals surface area (Å²) in [5.74, 6) is 0.474. The number of nitrogens with zero attached hydrogens (tertiary/aromatic N) is 1. The van der Waals surface area contributed by atoms with E-state index in [1.807, 2.05) is 0 Å². The van der Waals surface area contributed by atoms with Gasteiger partial charge < -0.3 is 14.8 Å². The van der Waals surface area contributed by atoms with Crippen molar-refractivity contribution in [1.29, 1.82) is 0 Å². The molecule has 1 saturated carbocycles. The number of hydrogen-bond donors (Lipinski definition) is 1. The molecule has 1 aliphatic heterocycles. The molecule has 1 N–H and O–H groups in total. The minimum absolute atomic E-state index is 0.0456. The first-order valence-electron chi connectivity index (χ1n) is 7.12. The Balaban J connectivity index is 1.63. The third-order valence-corrected chi connectivity index (χ3v) is 4.67. The van der Waals surface area contributed by atoms with Crippen molar-refractivity contribution in [2.45, 2.75) is 31.7 Å². The lowest BCUT2D eigenvalue weighted by molar-refractivity contribution is -0.0523. The number of amides is 1. The largest absolute Gasteiger partial charge is 0.481 e. The molecule has 1 aromatic heterocycles. The molecule has 2 fully saturated rings. The molecular weight excluding hydrogens is 256 g/mol. The molecule has 1 aromatic rings. The second kappa shape index (κ2) is 5.40. The molecular formula is C15H20N2O3. The van der Waals surface area contributed by atoms with Crippen molar-refractivity contribution in [2.75, 3.05) is 20.3 Å². The summed E-state index contributed by atoms with van der Waals surface area (Å²) < 4.78 is 10.4. The Hall–Kier alpha value is -1.62. The standard InChI is InChI=1S/C15H20N2O3/c1-19-13-3-2-11(10-16-13)14(18)17-12-4-5-15(12)6-8-20-9-7-15/h2-3,10,12H,4-9H2,1H3,(H,17,18). The van der Waals surface area contributed by atoms with Gasteiger partial charge in [0.15, 0.2) is 0 Å². The van der Waals surface area contributed by atoms with Crippen LogP contribution in [0.3, 0.4) is 0 Å². The highest BCUT2D eigenvalue weighted by Crippen LogP contribution is 2.48. The van der Waals surface area contributed by atoms with E-state index in [0.29, 0.717) is 11.4 Å². The lowest BCUT2D eigenvalue weighted by Gasteiger charge is -2.52. The number of rotatable bonds is 3. The number of carbonyl (C=O) groups excluding carboxylic acids is 1. The van der Waals surface area contributed by atoms with Crippen molar-refractivity contribution >= 4 is 5.91 Å². The van der Waals surface area contributed by atoms with Gasteiger partial charge in [-0.05, 0) is 37.2 Å². The van der Waals surface area contributed by atoms with Crippen molar-refractivity contribution in [1.82, 2.24) is 10.3 Å². The molecule has 0 radical (unpaired) electrons. The van der Waals surface area contributed by atoms with Gasteiger partial charge in [0.2, 0.25) is 5.88 Å². The number of pyridine rings is 1. The minimum Gasteiger partial charge on any atom is -0.481 e. The monoisotopic (exact) mass is 276 g/mol. The summed E-state index contributed by atoms with van der Waals surface area (Å²) in [6.07, 6.45) is 5.93. The van der Waals surface area contributed by atoms with E-state index in [2.05, 4.69) is 10.3 Å². The van der Waals surface area contributed by atoms with E-state index < -0.39 is 0 Å². The first-order chi connectivity index (χ1) is 9.73. The Morgan fingerprint density at radius 3 is 2.75 bits per heavy atom. The van der Waals surface area contributed by atoms with Crippen LogP contribution in [0.5, 0.6) is 5.88 Å². The normalized spacial score (nSPS) is 23.9. The Kier molecular flexibility index (Phi) is 3.61. The van der Waals surface area contributed by atoms with E-state index >= 15 is 0 Å². The third-order valence-electron chi connectivity index (χ3n) is 4.67. The summed E-state index contributed by atoms with van der Waals surface area (Å²) >= 11 is 0. The first-order valence-corrected chi connectivity index (χ1v) is 7.12. The zero-order valence-corrected chi connectivity index (χ0v) is 11.7. The van der Waals surface area contributed by atoms with Crippen LogP contribution in [-0.2, 0) is 4.74 Å². The average molecular weight is 276 g/mol. The van der Waals surface area contributed by atoms with Crippen LogP contribution in [0.1, 0.15) is 36.0 Å². The maximum Gasteiger partial charge on any atom is 0.253 e. The minimum atomic E-state index is -0.0456. The van der Waals surface area contributed by atoms with Crippen molar-refractivity contribution in [3.8, 4) is 5.88 Å². The van der Waals surface area contributed by atoms with Gasteiger partial charge in [-0.1, -0.05) is 0 Å². The quantitative estimate of drug-likeness (QED) is 0.914. The fourth-order valence-electron chi connectivity index (χ4n) is 3.18. The fraction of sp³-hybridized carbons (Fsp3) is 0.600. The zero-order valence-electron chi connectivity index (χ0n) is 11.7. The molecule has 3 rings (SSSR count). The predicted molar refractivity (Wildman–Crippen MR) is 73.8 cm³/mol. The number of aromatic nitrogens is 1. The molecule has 5 nitrogen and oxygen atoms in total. The molecule has 108 valence electrons. The van der Waals surface area contributed by atoms with Gasteiger partial charge in [-0.25, -0.2) is 4.98 Å². The number of ether oxygens (including phenoxy) is 2. The summed E-state index contributed by atoms with van der Waals surface area (Å²) in [7, 11) is 1.56. The van der Waals surface area contributed by atoms with Gasteiger partial charge in [0.1, 0.15) is 0 Å². The summed E-state index contributed by atoms with van der Waals surface area (Å²) in [6.45, 7) is 1.63. The molecule has 1 saturated heterocycles. The Labute approximate surface area is 118 Å². The molecule has 0 aromatic carbocycles. The van der Waals surface area contributed by atoms with Gasteiger partial charge in [-0.3, -0.25) is 4.79 Å². The van der Waals surface area contributed by atoms with E-state index in [0.717, 1.165) is 32.5 Å². The Morgan fingerprint density at radius 2 is 2.20 bits per heavy atom. The lowest BCUT2D eigenvalue weighted by Crippen LogP contribution is -2.57. The van der Waals surface area contributed by atoms with Crippen LogP contribution in [0.4, 0.5) is 0 Å². The molecule has 1 atom stereocenters. The van der Waals surface area contributed by atoms with E-state index in [9.17, 15) is 4.79 Å². The van der Waals surface area contributed by atoms with Crippen LogP contribution in [0.2, 0.25) is 0 Å². The number of hydrogen-bond acceptors (Lipinski definition) is 4. The highest BCUT2D eigenvalue weighted by Gasteiger charge is 2.47. The van der Waals surface area contributed by atoms with Gasteiger partial charge in [-0.15, -0.1) is 0 Å². The van der Waals surface area contributed by atoms with Gasteiger partial charge in [0.05, 0.1) is 12.7 Å². The predicted octanol–water partition coefficient (Wildman–Crippen LogP) is 1.78. The van der Waals surface area contributed by atoms with E-state index in [4.69, 9.17) is 9.47 Å². The molecule has 1 aliphatic carbocycles. The summed E-state index contributed by atoms with van der Waals surface area (Å²) in [4.78, 5) is 16.3. The van der Waals surface area contributed by atoms with Crippen LogP contribution in [0.25, 0.3) is 0 Å². The van der Waals surface area contributed by atoms with Crippen molar-refractivity contribution in [3.05, 3.63) is 23.9 Å². The average Bonchev–Trinajstić information content (AvgIpc) is 2.52. The molecule has 2 aliphatic rings. The molecule has 1 amide bonds. The molecule has 0 bridgehead atoms. The van der Waals surface area contributed by atoms with E-state index in [1.54, 1.807) is 25.4 Å². The molecule has 1 unspecified atom stereocenters. The second-order valence-corrected chi connectivity index (χ2v) is 5.63. The maximum absolute atomic E-state index is 12.3. The summed E-state index contributed by atoms with van der Waals surface area (Å²) in [5, 5.41) is 3.16. The van der Waals surface area contributed by atoms with Crippen LogP contribution in [-0.4, -0.2) is 37.3 Å².